The lowest BCUT2D eigenvalue weighted by Gasteiger charge is -2.39. The van der Waals surface area contributed by atoms with Crippen molar-refractivity contribution in [1.82, 2.24) is 29.4 Å². The molecule has 0 aliphatic carbocycles. The molecule has 5 rings (SSSR count). The molecule has 1 aromatic carbocycles. The quantitative estimate of drug-likeness (QED) is 0.567. The van der Waals surface area contributed by atoms with Crippen molar-refractivity contribution >= 4 is 16.8 Å². The zero-order valence-electron chi connectivity index (χ0n) is 16.9. The van der Waals surface area contributed by atoms with Crippen LogP contribution >= 0.6 is 0 Å². The van der Waals surface area contributed by atoms with Crippen molar-refractivity contribution in [3.63, 3.8) is 0 Å². The van der Waals surface area contributed by atoms with E-state index in [1.165, 1.54) is 10.7 Å². The van der Waals surface area contributed by atoms with Crippen LogP contribution in [0.5, 0.6) is 0 Å². The largest absolute Gasteiger partial charge is 0.361 e. The molecule has 3 aromatic heterocycles. The molecular formula is C22H22N6O2. The minimum Gasteiger partial charge on any atom is -0.361 e. The van der Waals surface area contributed by atoms with Gasteiger partial charge in [0.1, 0.15) is 0 Å². The monoisotopic (exact) mass is 402 g/mol. The van der Waals surface area contributed by atoms with Crippen molar-refractivity contribution in [2.24, 2.45) is 5.92 Å². The normalized spacial score (nSPS) is 14.3. The molecule has 0 saturated carbocycles. The zero-order valence-corrected chi connectivity index (χ0v) is 16.9. The molecule has 1 amide bonds. The summed E-state index contributed by atoms with van der Waals surface area (Å²) in [5.41, 5.74) is 3.34. The van der Waals surface area contributed by atoms with E-state index >= 15 is 0 Å². The second-order valence-corrected chi connectivity index (χ2v) is 7.91. The first-order valence-corrected chi connectivity index (χ1v) is 9.96. The third kappa shape index (κ3) is 3.20. The second-order valence-electron chi connectivity index (χ2n) is 7.91. The Morgan fingerprint density at radius 1 is 1.10 bits per heavy atom. The van der Waals surface area contributed by atoms with Crippen LogP contribution in [0.3, 0.4) is 0 Å². The van der Waals surface area contributed by atoms with Crippen LogP contribution in [0.1, 0.15) is 21.7 Å². The highest BCUT2D eigenvalue weighted by Gasteiger charge is 2.32. The number of likely N-dealkylation sites (tertiary alicyclic amines) is 1. The fourth-order valence-electron chi connectivity index (χ4n) is 4.00. The number of nitrogens with one attached hydrogen (secondary N) is 1. The standard InChI is InChI=1S/C22H22N6O2/c1-14-9-15(2)28(24-14)20-5-6-21(29)27(25-20)13-16-11-26(12-16)22(30)18-4-3-17-7-8-23-19(17)10-18/h3-10,16,23H,11-13H2,1-2H3. The van der Waals surface area contributed by atoms with Crippen molar-refractivity contribution in [3.05, 3.63) is 76.0 Å². The number of rotatable bonds is 4. The molecule has 4 aromatic rings. The van der Waals surface area contributed by atoms with Gasteiger partial charge < -0.3 is 9.88 Å². The summed E-state index contributed by atoms with van der Waals surface area (Å²) in [4.78, 5) is 30.0. The molecule has 1 aliphatic rings. The van der Waals surface area contributed by atoms with Crippen LogP contribution in [-0.2, 0) is 6.54 Å². The number of hydrogen-bond donors (Lipinski definition) is 1. The molecule has 1 saturated heterocycles. The van der Waals surface area contributed by atoms with E-state index in [1.54, 1.807) is 10.7 Å². The van der Waals surface area contributed by atoms with Crippen molar-refractivity contribution in [2.45, 2.75) is 20.4 Å². The molecule has 1 aliphatic heterocycles. The SMILES string of the molecule is Cc1cc(C)n(-c2ccc(=O)n(CC3CN(C(=O)c4ccc5cc[nH]c5c4)C3)n2)n1. The van der Waals surface area contributed by atoms with Gasteiger partial charge in [-0.25, -0.2) is 9.36 Å². The molecule has 152 valence electrons. The number of carbonyl (C=O) groups excluding carboxylic acids is 1. The fraction of sp³-hybridized carbons (Fsp3) is 0.273. The maximum absolute atomic E-state index is 12.8. The maximum Gasteiger partial charge on any atom is 0.266 e. The summed E-state index contributed by atoms with van der Waals surface area (Å²) in [5, 5.41) is 10.0. The Hall–Kier alpha value is -3.68. The predicted octanol–water partition coefficient (Wildman–Crippen LogP) is 2.30. The number of amides is 1. The Morgan fingerprint density at radius 3 is 2.70 bits per heavy atom. The molecule has 0 radical (unpaired) electrons. The number of carbonyl (C=O) groups is 1. The minimum atomic E-state index is -0.151. The van der Waals surface area contributed by atoms with Gasteiger partial charge in [-0.2, -0.15) is 5.10 Å². The fourth-order valence-corrected chi connectivity index (χ4v) is 4.00. The van der Waals surface area contributed by atoms with Crippen LogP contribution in [0.15, 0.2) is 53.5 Å². The number of fused-ring (bicyclic) bond motifs is 1. The first-order valence-electron chi connectivity index (χ1n) is 9.96. The number of aromatic nitrogens is 5. The van der Waals surface area contributed by atoms with Crippen LogP contribution in [0, 0.1) is 19.8 Å². The Labute approximate surface area is 172 Å². The molecule has 30 heavy (non-hydrogen) atoms. The third-order valence-electron chi connectivity index (χ3n) is 5.56. The molecule has 0 spiro atoms. The van der Waals surface area contributed by atoms with E-state index in [-0.39, 0.29) is 17.4 Å². The summed E-state index contributed by atoms with van der Waals surface area (Å²) >= 11 is 0. The maximum atomic E-state index is 12.8. The summed E-state index contributed by atoms with van der Waals surface area (Å²) in [6, 6.07) is 12.8. The van der Waals surface area contributed by atoms with Crippen molar-refractivity contribution in [2.75, 3.05) is 13.1 Å². The molecular weight excluding hydrogens is 380 g/mol. The Morgan fingerprint density at radius 2 is 1.93 bits per heavy atom. The van der Waals surface area contributed by atoms with E-state index in [0.29, 0.717) is 31.0 Å². The molecule has 0 atom stereocenters. The smallest absolute Gasteiger partial charge is 0.266 e. The number of aromatic amines is 1. The Balaban J connectivity index is 1.28. The number of nitrogens with zero attached hydrogens (tertiary/aromatic N) is 5. The molecule has 8 nitrogen and oxygen atoms in total. The van der Waals surface area contributed by atoms with Crippen LogP contribution < -0.4 is 5.56 Å². The summed E-state index contributed by atoms with van der Waals surface area (Å²) < 4.78 is 3.21. The van der Waals surface area contributed by atoms with Crippen molar-refractivity contribution < 1.29 is 4.79 Å². The van der Waals surface area contributed by atoms with Crippen LogP contribution in [0.2, 0.25) is 0 Å². The van der Waals surface area contributed by atoms with Gasteiger partial charge >= 0.3 is 0 Å². The highest BCUT2D eigenvalue weighted by molar-refractivity contribution is 5.98. The zero-order chi connectivity index (χ0) is 20.8. The van der Waals surface area contributed by atoms with Gasteiger partial charge in [-0.15, -0.1) is 5.10 Å². The minimum absolute atomic E-state index is 0.0134. The van der Waals surface area contributed by atoms with Crippen LogP contribution in [0.25, 0.3) is 16.7 Å². The Kier molecular flexibility index (Phi) is 4.27. The van der Waals surface area contributed by atoms with E-state index in [0.717, 1.165) is 22.3 Å². The topological polar surface area (TPSA) is 88.8 Å². The van der Waals surface area contributed by atoms with Gasteiger partial charge in [-0.3, -0.25) is 9.59 Å². The molecule has 0 unspecified atom stereocenters. The van der Waals surface area contributed by atoms with E-state index in [9.17, 15) is 9.59 Å². The number of hydrogen-bond acceptors (Lipinski definition) is 4. The van der Waals surface area contributed by atoms with Gasteiger partial charge in [0, 0.05) is 48.0 Å². The Bertz CT molecular complexity index is 1310. The highest BCUT2D eigenvalue weighted by Crippen LogP contribution is 2.22. The first kappa shape index (κ1) is 18.4. The van der Waals surface area contributed by atoms with E-state index in [2.05, 4.69) is 15.2 Å². The average Bonchev–Trinajstić information content (AvgIpc) is 3.30. The lowest BCUT2D eigenvalue weighted by atomic mass is 9.98. The number of benzene rings is 1. The number of aryl methyl sites for hydroxylation is 2. The molecule has 8 heteroatoms. The van der Waals surface area contributed by atoms with E-state index in [4.69, 9.17) is 0 Å². The summed E-state index contributed by atoms with van der Waals surface area (Å²) in [5.74, 6) is 0.829. The van der Waals surface area contributed by atoms with Gasteiger partial charge in [0.05, 0.1) is 12.2 Å². The first-order chi connectivity index (χ1) is 14.5. The van der Waals surface area contributed by atoms with Crippen molar-refractivity contribution in [3.8, 4) is 5.82 Å². The summed E-state index contributed by atoms with van der Waals surface area (Å²) in [6.07, 6.45) is 1.86. The predicted molar refractivity (Wildman–Crippen MR) is 113 cm³/mol. The van der Waals surface area contributed by atoms with Crippen LogP contribution in [-0.4, -0.2) is 48.4 Å². The van der Waals surface area contributed by atoms with Gasteiger partial charge in [-0.1, -0.05) is 6.07 Å². The molecule has 1 fully saturated rings. The van der Waals surface area contributed by atoms with Gasteiger partial charge in [0.2, 0.25) is 0 Å². The molecule has 1 N–H and O–H groups in total. The summed E-state index contributed by atoms with van der Waals surface area (Å²) in [6.45, 7) is 5.58. The molecule has 4 heterocycles. The van der Waals surface area contributed by atoms with Gasteiger partial charge in [-0.05, 0) is 49.6 Å². The van der Waals surface area contributed by atoms with Gasteiger partial charge in [0.15, 0.2) is 5.82 Å². The lowest BCUT2D eigenvalue weighted by Crippen LogP contribution is -2.52. The molecule has 0 bridgehead atoms. The summed E-state index contributed by atoms with van der Waals surface area (Å²) in [7, 11) is 0. The van der Waals surface area contributed by atoms with Gasteiger partial charge in [0.25, 0.3) is 11.5 Å². The van der Waals surface area contributed by atoms with Crippen LogP contribution in [0.4, 0.5) is 0 Å². The number of H-pyrrole nitrogens is 1. The van der Waals surface area contributed by atoms with Crippen molar-refractivity contribution in [1.29, 1.82) is 0 Å². The third-order valence-corrected chi connectivity index (χ3v) is 5.56. The van der Waals surface area contributed by atoms with E-state index in [1.807, 2.05) is 55.3 Å². The highest BCUT2D eigenvalue weighted by atomic mass is 16.2. The lowest BCUT2D eigenvalue weighted by molar-refractivity contribution is 0.0458. The average molecular weight is 402 g/mol. The van der Waals surface area contributed by atoms with E-state index < -0.39 is 0 Å². The second kappa shape index (κ2) is 6.98.